The standard InChI is InChI=1S/C15H18N2O7/c1-8(12-11(6-7-18)16-14(12)19)13(24-15(20)21)9-2-4-10(5-3-9)17(22)23/h2-5,8,11-13,18H,6-7H2,1H3,(H,16,19)(H,20,21)/p-1. The summed E-state index contributed by atoms with van der Waals surface area (Å²) in [4.78, 5) is 32.9. The van der Waals surface area contributed by atoms with Gasteiger partial charge in [0.05, 0.1) is 16.9 Å². The van der Waals surface area contributed by atoms with E-state index in [1.807, 2.05) is 0 Å². The lowest BCUT2D eigenvalue weighted by Gasteiger charge is -2.43. The van der Waals surface area contributed by atoms with Crippen molar-refractivity contribution in [2.24, 2.45) is 11.8 Å². The van der Waals surface area contributed by atoms with Crippen LogP contribution in [0.4, 0.5) is 10.5 Å². The van der Waals surface area contributed by atoms with Crippen molar-refractivity contribution in [1.82, 2.24) is 5.32 Å². The molecule has 1 aliphatic heterocycles. The molecule has 0 spiro atoms. The number of benzene rings is 1. The van der Waals surface area contributed by atoms with E-state index in [2.05, 4.69) is 5.32 Å². The molecule has 1 fully saturated rings. The van der Waals surface area contributed by atoms with E-state index in [1.54, 1.807) is 6.92 Å². The first-order valence-corrected chi connectivity index (χ1v) is 7.38. The number of amides is 1. The van der Waals surface area contributed by atoms with Crippen molar-refractivity contribution in [2.45, 2.75) is 25.5 Å². The van der Waals surface area contributed by atoms with E-state index in [-0.39, 0.29) is 24.2 Å². The molecule has 1 aliphatic rings. The number of carbonyl (C=O) groups is 2. The van der Waals surface area contributed by atoms with Gasteiger partial charge in [-0.15, -0.1) is 0 Å². The molecule has 1 aromatic rings. The topological polar surface area (TPSA) is 142 Å². The molecule has 0 radical (unpaired) electrons. The molecule has 1 saturated heterocycles. The first kappa shape index (κ1) is 17.7. The van der Waals surface area contributed by atoms with Crippen LogP contribution in [0.15, 0.2) is 24.3 Å². The average Bonchev–Trinajstić information content (AvgIpc) is 2.52. The van der Waals surface area contributed by atoms with E-state index in [0.29, 0.717) is 12.0 Å². The third kappa shape index (κ3) is 3.62. The van der Waals surface area contributed by atoms with E-state index >= 15 is 0 Å². The number of rotatable bonds is 7. The summed E-state index contributed by atoms with van der Waals surface area (Å²) < 4.78 is 4.82. The molecule has 4 atom stereocenters. The van der Waals surface area contributed by atoms with E-state index < -0.39 is 29.0 Å². The van der Waals surface area contributed by atoms with Crippen LogP contribution in [0.2, 0.25) is 0 Å². The SMILES string of the molecule is CC(C(OC(=O)[O-])c1ccc([N+](=O)[O-])cc1)C1C(=O)NC1CCO. The second-order valence-corrected chi connectivity index (χ2v) is 5.65. The van der Waals surface area contributed by atoms with Crippen LogP contribution in [-0.4, -0.2) is 34.7 Å². The summed E-state index contributed by atoms with van der Waals surface area (Å²) in [6.45, 7) is 1.54. The Hall–Kier alpha value is -2.68. The average molecular weight is 337 g/mol. The Kier molecular flexibility index (Phi) is 5.35. The van der Waals surface area contributed by atoms with Crippen LogP contribution in [-0.2, 0) is 9.53 Å². The van der Waals surface area contributed by atoms with Crippen LogP contribution in [0.3, 0.4) is 0 Å². The number of carboxylic acid groups (broad SMARTS) is 1. The van der Waals surface area contributed by atoms with Crippen LogP contribution < -0.4 is 10.4 Å². The van der Waals surface area contributed by atoms with Crippen molar-refractivity contribution in [3.8, 4) is 0 Å². The minimum Gasteiger partial charge on any atom is -0.541 e. The van der Waals surface area contributed by atoms with E-state index in [0.717, 1.165) is 0 Å². The number of β-lactam (4-membered cyclic amide) rings is 1. The molecule has 1 heterocycles. The van der Waals surface area contributed by atoms with Gasteiger partial charge in [0.15, 0.2) is 0 Å². The molecule has 2 N–H and O–H groups in total. The number of carbonyl (C=O) groups excluding carboxylic acids is 2. The summed E-state index contributed by atoms with van der Waals surface area (Å²) in [5.74, 6) is -1.32. The zero-order valence-electron chi connectivity index (χ0n) is 12.9. The molecule has 2 rings (SSSR count). The van der Waals surface area contributed by atoms with Gasteiger partial charge in [0.25, 0.3) is 11.8 Å². The van der Waals surface area contributed by atoms with Crippen LogP contribution >= 0.6 is 0 Å². The molecular weight excluding hydrogens is 320 g/mol. The highest BCUT2D eigenvalue weighted by Crippen LogP contribution is 2.37. The highest BCUT2D eigenvalue weighted by Gasteiger charge is 2.45. The van der Waals surface area contributed by atoms with Crippen molar-refractivity contribution in [3.05, 3.63) is 39.9 Å². The lowest BCUT2D eigenvalue weighted by atomic mass is 9.75. The molecular formula is C15H17N2O7-. The Morgan fingerprint density at radius 3 is 2.50 bits per heavy atom. The van der Waals surface area contributed by atoms with Gasteiger partial charge in [0.1, 0.15) is 0 Å². The van der Waals surface area contributed by atoms with Gasteiger partial charge in [-0.25, -0.2) is 0 Å². The number of ether oxygens (including phenoxy) is 1. The van der Waals surface area contributed by atoms with Gasteiger partial charge < -0.3 is 25.1 Å². The number of hydrogen-bond donors (Lipinski definition) is 2. The zero-order chi connectivity index (χ0) is 17.9. The lowest BCUT2D eigenvalue weighted by molar-refractivity contribution is -0.384. The van der Waals surface area contributed by atoms with Crippen molar-refractivity contribution in [1.29, 1.82) is 0 Å². The van der Waals surface area contributed by atoms with Gasteiger partial charge in [0.2, 0.25) is 5.91 Å². The van der Waals surface area contributed by atoms with Crippen LogP contribution in [0.25, 0.3) is 0 Å². The summed E-state index contributed by atoms with van der Waals surface area (Å²) in [6.07, 6.45) is -2.41. The van der Waals surface area contributed by atoms with E-state index in [1.165, 1.54) is 24.3 Å². The van der Waals surface area contributed by atoms with Crippen LogP contribution in [0, 0.1) is 22.0 Å². The number of nitrogens with zero attached hydrogens (tertiary/aromatic N) is 1. The number of nitrogens with one attached hydrogen (secondary N) is 1. The van der Waals surface area contributed by atoms with Crippen LogP contribution in [0.5, 0.6) is 0 Å². The maximum absolute atomic E-state index is 11.8. The monoisotopic (exact) mass is 337 g/mol. The summed E-state index contributed by atoms with van der Waals surface area (Å²) in [5, 5.41) is 33.3. The molecule has 24 heavy (non-hydrogen) atoms. The largest absolute Gasteiger partial charge is 0.541 e. The Morgan fingerprint density at radius 1 is 1.42 bits per heavy atom. The van der Waals surface area contributed by atoms with Gasteiger partial charge >= 0.3 is 0 Å². The van der Waals surface area contributed by atoms with E-state index in [4.69, 9.17) is 9.84 Å². The number of aliphatic hydroxyl groups is 1. The predicted molar refractivity (Wildman–Crippen MR) is 78.6 cm³/mol. The predicted octanol–water partition coefficient (Wildman–Crippen LogP) is 0.129. The number of nitro groups is 1. The molecule has 9 nitrogen and oxygen atoms in total. The third-order valence-corrected chi connectivity index (χ3v) is 4.20. The fourth-order valence-electron chi connectivity index (χ4n) is 3.01. The summed E-state index contributed by atoms with van der Waals surface area (Å²) in [6, 6.07) is 4.97. The van der Waals surface area contributed by atoms with Gasteiger partial charge in [0, 0.05) is 24.8 Å². The zero-order valence-corrected chi connectivity index (χ0v) is 12.9. The third-order valence-electron chi connectivity index (χ3n) is 4.20. The molecule has 1 amide bonds. The molecule has 0 saturated carbocycles. The van der Waals surface area contributed by atoms with Gasteiger partial charge in [-0.3, -0.25) is 14.9 Å². The Morgan fingerprint density at radius 2 is 2.04 bits per heavy atom. The summed E-state index contributed by atoms with van der Waals surface area (Å²) in [7, 11) is 0. The smallest absolute Gasteiger partial charge is 0.269 e. The molecule has 0 aliphatic carbocycles. The quantitative estimate of drug-likeness (QED) is 0.311. The minimum absolute atomic E-state index is 0.113. The maximum atomic E-state index is 11.8. The Balaban J connectivity index is 2.25. The number of aliphatic hydroxyl groups excluding tert-OH is 1. The number of hydrogen-bond acceptors (Lipinski definition) is 7. The van der Waals surface area contributed by atoms with Crippen molar-refractivity contribution < 1.29 is 29.5 Å². The molecule has 9 heteroatoms. The van der Waals surface area contributed by atoms with Crippen LogP contribution in [0.1, 0.15) is 25.0 Å². The maximum Gasteiger partial charge on any atom is 0.269 e. The minimum atomic E-state index is -1.75. The van der Waals surface area contributed by atoms with E-state index in [9.17, 15) is 24.8 Å². The molecule has 1 aromatic carbocycles. The second-order valence-electron chi connectivity index (χ2n) is 5.65. The normalized spacial score (nSPS) is 22.0. The molecule has 130 valence electrons. The van der Waals surface area contributed by atoms with Crippen molar-refractivity contribution in [3.63, 3.8) is 0 Å². The Bertz CT molecular complexity index is 631. The Labute approximate surface area is 137 Å². The number of nitro benzene ring substituents is 1. The molecule has 0 bridgehead atoms. The van der Waals surface area contributed by atoms with Crippen molar-refractivity contribution in [2.75, 3.05) is 6.61 Å². The van der Waals surface area contributed by atoms with Gasteiger partial charge in [-0.1, -0.05) is 19.1 Å². The summed E-state index contributed by atoms with van der Waals surface area (Å²) in [5.41, 5.74) is 0.248. The van der Waals surface area contributed by atoms with Gasteiger partial charge in [-0.2, -0.15) is 0 Å². The second kappa shape index (κ2) is 7.26. The first-order valence-electron chi connectivity index (χ1n) is 7.38. The fourth-order valence-corrected chi connectivity index (χ4v) is 3.01. The molecule has 4 unspecified atom stereocenters. The molecule has 0 aromatic heterocycles. The number of non-ortho nitro benzene ring substituents is 1. The first-order chi connectivity index (χ1) is 11.3. The fraction of sp³-hybridized carbons (Fsp3) is 0.467. The highest BCUT2D eigenvalue weighted by molar-refractivity contribution is 5.86. The van der Waals surface area contributed by atoms with Gasteiger partial charge in [-0.05, 0) is 17.9 Å². The lowest BCUT2D eigenvalue weighted by Crippen LogP contribution is -2.61. The summed E-state index contributed by atoms with van der Waals surface area (Å²) >= 11 is 0. The highest BCUT2D eigenvalue weighted by atomic mass is 16.7. The van der Waals surface area contributed by atoms with Crippen molar-refractivity contribution >= 4 is 17.7 Å².